The van der Waals surface area contributed by atoms with Crippen LogP contribution in [0.4, 0.5) is 0 Å². The van der Waals surface area contributed by atoms with Crippen molar-refractivity contribution >= 4 is 11.8 Å². The number of amides is 2. The van der Waals surface area contributed by atoms with Crippen LogP contribution in [-0.2, 0) is 6.42 Å². The van der Waals surface area contributed by atoms with E-state index < -0.39 is 0 Å². The first-order valence-corrected chi connectivity index (χ1v) is 9.77. The zero-order valence-electron chi connectivity index (χ0n) is 17.4. The Kier molecular flexibility index (Phi) is 6.41. The van der Waals surface area contributed by atoms with Crippen molar-refractivity contribution in [2.75, 3.05) is 40.4 Å². The first-order valence-electron chi connectivity index (χ1n) is 9.77. The van der Waals surface area contributed by atoms with Crippen molar-refractivity contribution in [1.82, 2.24) is 20.0 Å². The lowest BCUT2D eigenvalue weighted by Crippen LogP contribution is -2.50. The third kappa shape index (κ3) is 4.70. The van der Waals surface area contributed by atoms with Crippen LogP contribution in [0.25, 0.3) is 0 Å². The van der Waals surface area contributed by atoms with Crippen molar-refractivity contribution in [2.45, 2.75) is 20.3 Å². The van der Waals surface area contributed by atoms with E-state index in [1.807, 2.05) is 6.07 Å². The summed E-state index contributed by atoms with van der Waals surface area (Å²) in [5, 5.41) is 7.10. The molecule has 0 unspecified atom stereocenters. The summed E-state index contributed by atoms with van der Waals surface area (Å²) in [5.41, 5.74) is 1.87. The van der Waals surface area contributed by atoms with E-state index in [0.717, 1.165) is 12.1 Å². The van der Waals surface area contributed by atoms with Crippen molar-refractivity contribution in [2.24, 2.45) is 5.92 Å². The van der Waals surface area contributed by atoms with E-state index in [1.165, 1.54) is 7.11 Å². The van der Waals surface area contributed by atoms with Gasteiger partial charge in [-0.3, -0.25) is 14.7 Å². The van der Waals surface area contributed by atoms with E-state index in [2.05, 4.69) is 24.0 Å². The predicted molar refractivity (Wildman–Crippen MR) is 108 cm³/mol. The molecule has 29 heavy (non-hydrogen) atoms. The third-order valence-electron chi connectivity index (χ3n) is 4.97. The molecule has 8 nitrogen and oxygen atoms in total. The fourth-order valence-corrected chi connectivity index (χ4v) is 3.44. The maximum absolute atomic E-state index is 12.9. The number of piperazine rings is 1. The number of hydrogen-bond acceptors (Lipinski definition) is 5. The number of carbonyl (C=O) groups is 2. The molecule has 1 fully saturated rings. The van der Waals surface area contributed by atoms with Gasteiger partial charge in [0.1, 0.15) is 17.2 Å². The summed E-state index contributed by atoms with van der Waals surface area (Å²) in [7, 11) is 3.09. The highest BCUT2D eigenvalue weighted by atomic mass is 16.5. The molecule has 0 saturated carbocycles. The van der Waals surface area contributed by atoms with Crippen LogP contribution in [0, 0.1) is 5.92 Å². The minimum atomic E-state index is -0.115. The number of ether oxygens (including phenoxy) is 2. The number of nitrogens with zero attached hydrogens (tertiary/aromatic N) is 3. The molecule has 2 heterocycles. The van der Waals surface area contributed by atoms with Gasteiger partial charge in [-0.15, -0.1) is 0 Å². The highest BCUT2D eigenvalue weighted by Gasteiger charge is 2.28. The van der Waals surface area contributed by atoms with Crippen LogP contribution >= 0.6 is 0 Å². The van der Waals surface area contributed by atoms with Crippen molar-refractivity contribution < 1.29 is 19.1 Å². The molecule has 1 saturated heterocycles. The number of H-pyrrole nitrogens is 1. The van der Waals surface area contributed by atoms with Gasteiger partial charge in [-0.2, -0.15) is 5.10 Å². The zero-order valence-corrected chi connectivity index (χ0v) is 17.4. The predicted octanol–water partition coefficient (Wildman–Crippen LogP) is 2.22. The summed E-state index contributed by atoms with van der Waals surface area (Å²) in [5.74, 6) is 1.37. The number of rotatable bonds is 6. The van der Waals surface area contributed by atoms with Crippen molar-refractivity contribution in [3.8, 4) is 11.5 Å². The molecule has 156 valence electrons. The third-order valence-corrected chi connectivity index (χ3v) is 4.97. The number of nitrogens with one attached hydrogen (secondary N) is 1. The van der Waals surface area contributed by atoms with Gasteiger partial charge >= 0.3 is 0 Å². The molecule has 3 rings (SSSR count). The van der Waals surface area contributed by atoms with Gasteiger partial charge < -0.3 is 19.3 Å². The number of aromatic nitrogens is 2. The first kappa shape index (κ1) is 20.7. The second-order valence-electron chi connectivity index (χ2n) is 7.53. The molecule has 1 aliphatic heterocycles. The van der Waals surface area contributed by atoms with Crippen LogP contribution in [0.1, 0.15) is 40.4 Å². The summed E-state index contributed by atoms with van der Waals surface area (Å²) < 4.78 is 10.5. The Hall–Kier alpha value is -3.03. The highest BCUT2D eigenvalue weighted by molar-refractivity contribution is 5.97. The Morgan fingerprint density at radius 2 is 1.69 bits per heavy atom. The number of methoxy groups -OCH3 is 2. The lowest BCUT2D eigenvalue weighted by molar-refractivity contribution is 0.0530. The van der Waals surface area contributed by atoms with Crippen LogP contribution in [0.15, 0.2) is 24.3 Å². The molecule has 0 atom stereocenters. The first-order chi connectivity index (χ1) is 13.9. The molecule has 0 radical (unpaired) electrons. The average Bonchev–Trinajstić information content (AvgIpc) is 3.20. The molecule has 1 aliphatic rings. The maximum atomic E-state index is 12.9. The lowest BCUT2D eigenvalue weighted by atomic mass is 10.1. The second-order valence-corrected chi connectivity index (χ2v) is 7.53. The van der Waals surface area contributed by atoms with Crippen molar-refractivity contribution in [3.63, 3.8) is 0 Å². The fourth-order valence-electron chi connectivity index (χ4n) is 3.44. The Labute approximate surface area is 170 Å². The summed E-state index contributed by atoms with van der Waals surface area (Å²) in [4.78, 5) is 29.1. The van der Waals surface area contributed by atoms with Gasteiger partial charge in [-0.05, 0) is 30.5 Å². The van der Waals surface area contributed by atoms with E-state index in [0.29, 0.717) is 54.9 Å². The van der Waals surface area contributed by atoms with Gasteiger partial charge in [-0.25, -0.2) is 0 Å². The minimum Gasteiger partial charge on any atom is -0.497 e. The number of aromatic amines is 1. The number of carbonyl (C=O) groups excluding carboxylic acids is 2. The molecule has 8 heteroatoms. The molecule has 1 aromatic carbocycles. The Balaban J connectivity index is 1.62. The van der Waals surface area contributed by atoms with E-state index in [4.69, 9.17) is 9.47 Å². The van der Waals surface area contributed by atoms with Crippen LogP contribution in [0.5, 0.6) is 11.5 Å². The molecule has 1 N–H and O–H groups in total. The summed E-state index contributed by atoms with van der Waals surface area (Å²) in [6.45, 7) is 6.10. The van der Waals surface area contributed by atoms with Crippen LogP contribution < -0.4 is 9.47 Å². The Bertz CT molecular complexity index is 869. The van der Waals surface area contributed by atoms with Gasteiger partial charge in [0.2, 0.25) is 0 Å². The topological polar surface area (TPSA) is 87.8 Å². The minimum absolute atomic E-state index is 0.106. The van der Waals surface area contributed by atoms with Gasteiger partial charge in [-0.1, -0.05) is 13.8 Å². The molecule has 0 aliphatic carbocycles. The van der Waals surface area contributed by atoms with Crippen LogP contribution in [-0.4, -0.2) is 72.2 Å². The number of benzene rings is 1. The molecular formula is C21H28N4O4. The molecule has 0 spiro atoms. The van der Waals surface area contributed by atoms with E-state index in [9.17, 15) is 9.59 Å². The average molecular weight is 400 g/mol. The molecular weight excluding hydrogens is 372 g/mol. The molecule has 1 aromatic heterocycles. The van der Waals surface area contributed by atoms with Crippen molar-refractivity contribution in [1.29, 1.82) is 0 Å². The molecule has 2 aromatic rings. The lowest BCUT2D eigenvalue weighted by Gasteiger charge is -2.34. The zero-order chi connectivity index (χ0) is 21.0. The van der Waals surface area contributed by atoms with Crippen molar-refractivity contribution in [3.05, 3.63) is 41.2 Å². The van der Waals surface area contributed by atoms with Gasteiger partial charge in [0.25, 0.3) is 11.8 Å². The number of hydrogen-bond donors (Lipinski definition) is 1. The summed E-state index contributed by atoms with van der Waals surface area (Å²) >= 11 is 0. The Morgan fingerprint density at radius 3 is 2.28 bits per heavy atom. The van der Waals surface area contributed by atoms with Gasteiger partial charge in [0.05, 0.1) is 19.8 Å². The Morgan fingerprint density at radius 1 is 1.03 bits per heavy atom. The quantitative estimate of drug-likeness (QED) is 0.803. The van der Waals surface area contributed by atoms with Crippen LogP contribution in [0.2, 0.25) is 0 Å². The summed E-state index contributed by atoms with van der Waals surface area (Å²) in [6.07, 6.45) is 0.853. The maximum Gasteiger partial charge on any atom is 0.274 e. The van der Waals surface area contributed by atoms with E-state index in [-0.39, 0.29) is 11.8 Å². The summed E-state index contributed by atoms with van der Waals surface area (Å²) in [6, 6.07) is 6.96. The standard InChI is InChI=1S/C21H28N4O4/c1-14(2)11-15-12-18(23-22-15)21(27)25-9-7-24(8-10-25)20(26)17-6-5-16(28-3)13-19(17)29-4/h5-6,12-14H,7-11H2,1-4H3,(H,22,23). The van der Waals surface area contributed by atoms with Gasteiger partial charge in [0.15, 0.2) is 0 Å². The highest BCUT2D eigenvalue weighted by Crippen LogP contribution is 2.26. The largest absolute Gasteiger partial charge is 0.497 e. The van der Waals surface area contributed by atoms with E-state index in [1.54, 1.807) is 35.1 Å². The second kappa shape index (κ2) is 8.98. The van der Waals surface area contributed by atoms with Crippen LogP contribution in [0.3, 0.4) is 0 Å². The molecule has 0 bridgehead atoms. The fraction of sp³-hybridized carbons (Fsp3) is 0.476. The normalized spacial score (nSPS) is 14.2. The molecule has 2 amide bonds. The SMILES string of the molecule is COc1ccc(C(=O)N2CCN(C(=O)c3cc(CC(C)C)[nH]n3)CC2)c(OC)c1. The van der Waals surface area contributed by atoms with Gasteiger partial charge in [0, 0.05) is 37.9 Å². The monoisotopic (exact) mass is 400 g/mol. The smallest absolute Gasteiger partial charge is 0.274 e. The van der Waals surface area contributed by atoms with E-state index >= 15 is 0 Å².